The summed E-state index contributed by atoms with van der Waals surface area (Å²) in [6.45, 7) is 1.89. The fourth-order valence-electron chi connectivity index (χ4n) is 1.44. The van der Waals surface area contributed by atoms with E-state index in [0.29, 0.717) is 5.82 Å². The van der Waals surface area contributed by atoms with Crippen LogP contribution in [-0.4, -0.2) is 33.8 Å². The normalized spacial score (nSPS) is 11.5. The predicted molar refractivity (Wildman–Crippen MR) is 64.8 cm³/mol. The molecule has 0 spiro atoms. The number of rotatable bonds is 4. The average Bonchev–Trinajstić information content (AvgIpc) is 2.36. The lowest BCUT2D eigenvalue weighted by molar-refractivity contribution is -0.750. The molecule has 0 aliphatic rings. The Kier molecular flexibility index (Phi) is 3.82. The third-order valence-corrected chi connectivity index (χ3v) is 3.08. The monoisotopic (exact) mass is 280 g/mol. The summed E-state index contributed by atoms with van der Waals surface area (Å²) in [4.78, 5) is 8.37. The molecule has 0 aliphatic heterocycles. The minimum atomic E-state index is -4.23. The van der Waals surface area contributed by atoms with E-state index in [1.807, 2.05) is 6.92 Å². The first-order valence-electron chi connectivity index (χ1n) is 5.53. The van der Waals surface area contributed by atoms with Crippen molar-refractivity contribution < 1.29 is 17.7 Å². The lowest BCUT2D eigenvalue weighted by Gasteiger charge is -2.02. The van der Waals surface area contributed by atoms with Crippen LogP contribution in [0.5, 0.6) is 0 Å². The zero-order valence-corrected chi connectivity index (χ0v) is 11.0. The van der Waals surface area contributed by atoms with Gasteiger partial charge in [0.2, 0.25) is 0 Å². The van der Waals surface area contributed by atoms with E-state index in [0.717, 1.165) is 11.3 Å². The van der Waals surface area contributed by atoms with E-state index in [1.165, 1.54) is 10.9 Å². The number of nitrogens with zero attached hydrogens (tertiary/aromatic N) is 4. The third-order valence-electron chi connectivity index (χ3n) is 2.39. The van der Waals surface area contributed by atoms with Crippen LogP contribution < -0.4 is 4.68 Å². The van der Waals surface area contributed by atoms with E-state index in [1.54, 1.807) is 24.5 Å². The highest BCUT2D eigenvalue weighted by atomic mass is 32.2. The maximum Gasteiger partial charge on any atom is 0.197 e. The standard InChI is InChI=1S/C11H12N4O3S/c1-9-2-4-12-11(14-9)10-3-5-15(13-8-10)6-7-19(16,17)18/h2-5,8H,6-7H2,1H3. The van der Waals surface area contributed by atoms with Gasteiger partial charge in [-0.1, -0.05) is 4.68 Å². The first kappa shape index (κ1) is 13.5. The van der Waals surface area contributed by atoms with Crippen molar-refractivity contribution in [3.8, 4) is 11.4 Å². The quantitative estimate of drug-likeness (QED) is 0.562. The van der Waals surface area contributed by atoms with Crippen LogP contribution >= 0.6 is 0 Å². The molecule has 0 radical (unpaired) electrons. The minimum Gasteiger partial charge on any atom is -0.748 e. The molecule has 0 aromatic carbocycles. The van der Waals surface area contributed by atoms with Crippen molar-refractivity contribution in [3.63, 3.8) is 0 Å². The number of hydrogen-bond acceptors (Lipinski definition) is 6. The van der Waals surface area contributed by atoms with E-state index >= 15 is 0 Å². The van der Waals surface area contributed by atoms with Crippen molar-refractivity contribution in [1.82, 2.24) is 15.1 Å². The van der Waals surface area contributed by atoms with Gasteiger partial charge in [0.05, 0.1) is 5.75 Å². The van der Waals surface area contributed by atoms with Gasteiger partial charge in [0, 0.05) is 23.5 Å². The second-order valence-electron chi connectivity index (χ2n) is 3.96. The minimum absolute atomic E-state index is 0.0286. The van der Waals surface area contributed by atoms with Gasteiger partial charge in [-0.3, -0.25) is 0 Å². The molecule has 8 heteroatoms. The van der Waals surface area contributed by atoms with Gasteiger partial charge in [-0.15, -0.1) is 0 Å². The van der Waals surface area contributed by atoms with Gasteiger partial charge in [0.25, 0.3) is 0 Å². The molecule has 0 fully saturated rings. The van der Waals surface area contributed by atoms with E-state index in [2.05, 4.69) is 15.1 Å². The molecule has 2 rings (SSSR count). The Morgan fingerprint density at radius 2 is 2.16 bits per heavy atom. The van der Waals surface area contributed by atoms with Crippen LogP contribution in [0.1, 0.15) is 5.69 Å². The van der Waals surface area contributed by atoms with E-state index in [4.69, 9.17) is 0 Å². The van der Waals surface area contributed by atoms with Crippen molar-refractivity contribution in [2.45, 2.75) is 13.5 Å². The maximum absolute atomic E-state index is 10.5. The van der Waals surface area contributed by atoms with Gasteiger partial charge in [0.15, 0.2) is 18.6 Å². The Balaban J connectivity index is 2.15. The van der Waals surface area contributed by atoms with Gasteiger partial charge < -0.3 is 4.55 Å². The lowest BCUT2D eigenvalue weighted by Crippen LogP contribution is -2.40. The Morgan fingerprint density at radius 1 is 1.37 bits per heavy atom. The number of aromatic nitrogens is 4. The smallest absolute Gasteiger partial charge is 0.197 e. The fourth-order valence-corrected chi connectivity index (χ4v) is 1.85. The second-order valence-corrected chi connectivity index (χ2v) is 5.49. The van der Waals surface area contributed by atoms with Crippen LogP contribution in [0.15, 0.2) is 30.7 Å². The summed E-state index contributed by atoms with van der Waals surface area (Å²) in [5.41, 5.74) is 1.57. The van der Waals surface area contributed by atoms with E-state index in [-0.39, 0.29) is 6.54 Å². The molecule has 2 aromatic rings. The highest BCUT2D eigenvalue weighted by Gasteiger charge is 2.08. The molecule has 2 heterocycles. The van der Waals surface area contributed by atoms with Crippen molar-refractivity contribution in [3.05, 3.63) is 36.4 Å². The predicted octanol–water partition coefficient (Wildman–Crippen LogP) is -0.320. The highest BCUT2D eigenvalue weighted by Crippen LogP contribution is 2.10. The van der Waals surface area contributed by atoms with Crippen LogP contribution in [0.4, 0.5) is 0 Å². The second kappa shape index (κ2) is 5.37. The molecule has 0 unspecified atom stereocenters. The molecular weight excluding hydrogens is 268 g/mol. The Bertz CT molecular complexity index is 671. The highest BCUT2D eigenvalue weighted by molar-refractivity contribution is 7.85. The van der Waals surface area contributed by atoms with Crippen LogP contribution in [0.3, 0.4) is 0 Å². The van der Waals surface area contributed by atoms with Gasteiger partial charge in [-0.25, -0.2) is 18.4 Å². The molecule has 7 nitrogen and oxygen atoms in total. The molecule has 0 bridgehead atoms. The summed E-state index contributed by atoms with van der Waals surface area (Å²) in [6.07, 6.45) is 4.78. The summed E-state index contributed by atoms with van der Waals surface area (Å²) in [6, 6.07) is 3.51. The summed E-state index contributed by atoms with van der Waals surface area (Å²) < 4.78 is 32.9. The summed E-state index contributed by atoms with van der Waals surface area (Å²) in [5.74, 6) is 0.0707. The van der Waals surface area contributed by atoms with Gasteiger partial charge in [-0.2, -0.15) is 0 Å². The molecule has 2 aromatic heterocycles. The molecule has 0 saturated carbocycles. The molecule has 0 saturated heterocycles. The van der Waals surface area contributed by atoms with Crippen LogP contribution in [0.25, 0.3) is 11.4 Å². The lowest BCUT2D eigenvalue weighted by atomic mass is 10.3. The zero-order chi connectivity index (χ0) is 13.9. The molecule has 0 atom stereocenters. The van der Waals surface area contributed by atoms with E-state index in [9.17, 15) is 13.0 Å². The topological polar surface area (TPSA) is 99.8 Å². The third kappa shape index (κ3) is 4.04. The summed E-state index contributed by atoms with van der Waals surface area (Å²) in [7, 11) is -4.23. The zero-order valence-electron chi connectivity index (χ0n) is 10.2. The first-order valence-corrected chi connectivity index (χ1v) is 7.11. The Hall–Kier alpha value is -1.93. The summed E-state index contributed by atoms with van der Waals surface area (Å²) >= 11 is 0. The van der Waals surface area contributed by atoms with Gasteiger partial charge >= 0.3 is 0 Å². The maximum atomic E-state index is 10.5. The molecule has 0 N–H and O–H groups in total. The SMILES string of the molecule is Cc1ccnc(-c2cc[n+](CCS(=O)(=O)[O-])nc2)n1. The fraction of sp³-hybridized carbons (Fsp3) is 0.273. The first-order chi connectivity index (χ1) is 8.94. The molecule has 19 heavy (non-hydrogen) atoms. The Morgan fingerprint density at radius 3 is 2.74 bits per heavy atom. The van der Waals surface area contributed by atoms with Crippen molar-refractivity contribution in [2.24, 2.45) is 0 Å². The van der Waals surface area contributed by atoms with Crippen molar-refractivity contribution in [1.29, 1.82) is 0 Å². The molecule has 100 valence electrons. The van der Waals surface area contributed by atoms with Crippen molar-refractivity contribution >= 4 is 10.1 Å². The Labute approximate surface area is 110 Å². The van der Waals surface area contributed by atoms with Crippen molar-refractivity contribution in [2.75, 3.05) is 5.75 Å². The average molecular weight is 280 g/mol. The number of aryl methyl sites for hydroxylation is 2. The van der Waals surface area contributed by atoms with Crippen LogP contribution in [-0.2, 0) is 16.7 Å². The molecular formula is C11H12N4O3S. The molecule has 0 amide bonds. The van der Waals surface area contributed by atoms with Crippen LogP contribution in [0, 0.1) is 6.92 Å². The molecule has 0 aliphatic carbocycles. The van der Waals surface area contributed by atoms with Gasteiger partial charge in [0.1, 0.15) is 16.3 Å². The summed E-state index contributed by atoms with van der Waals surface area (Å²) in [5, 5.41) is 4.02. The van der Waals surface area contributed by atoms with Gasteiger partial charge in [-0.05, 0) is 18.1 Å². The van der Waals surface area contributed by atoms with Crippen LogP contribution in [0.2, 0.25) is 0 Å². The number of hydrogen-bond donors (Lipinski definition) is 0. The van der Waals surface area contributed by atoms with E-state index < -0.39 is 15.9 Å². The largest absolute Gasteiger partial charge is 0.748 e.